The Labute approximate surface area is 151 Å². The number of ketones is 1. The molecule has 0 saturated carbocycles. The van der Waals surface area contributed by atoms with Gasteiger partial charge in [-0.1, -0.05) is 39.0 Å². The zero-order valence-corrected chi connectivity index (χ0v) is 15.7. The zero-order valence-electron chi connectivity index (χ0n) is 15.7. The number of methoxy groups -OCH3 is 2. The standard InChI is InChI=1S/C20H31NO4/c1-4-5-6-7-8-9-14-21-18(20(23)25-3)15-19(22)16-10-12-17(24-2)13-11-16/h10-13,18,21H,4-9,14-15H2,1-3H3. The van der Waals surface area contributed by atoms with Gasteiger partial charge in [0, 0.05) is 12.0 Å². The van der Waals surface area contributed by atoms with Crippen molar-refractivity contribution in [1.82, 2.24) is 5.32 Å². The molecule has 5 heteroatoms. The fourth-order valence-electron chi connectivity index (χ4n) is 2.64. The van der Waals surface area contributed by atoms with Gasteiger partial charge in [0.2, 0.25) is 0 Å². The van der Waals surface area contributed by atoms with Crippen LogP contribution in [0, 0.1) is 0 Å². The van der Waals surface area contributed by atoms with Crippen molar-refractivity contribution in [2.45, 2.75) is 57.9 Å². The molecule has 0 heterocycles. The molecule has 1 aromatic rings. The molecular formula is C20H31NO4. The second-order valence-electron chi connectivity index (χ2n) is 6.15. The Kier molecular flexibility index (Phi) is 10.6. The summed E-state index contributed by atoms with van der Waals surface area (Å²) in [5.41, 5.74) is 0.566. The number of hydrogen-bond donors (Lipinski definition) is 1. The van der Waals surface area contributed by atoms with Crippen LogP contribution in [-0.2, 0) is 9.53 Å². The Hall–Kier alpha value is -1.88. The van der Waals surface area contributed by atoms with E-state index in [4.69, 9.17) is 9.47 Å². The minimum Gasteiger partial charge on any atom is -0.497 e. The van der Waals surface area contributed by atoms with E-state index in [2.05, 4.69) is 12.2 Å². The van der Waals surface area contributed by atoms with Gasteiger partial charge in [-0.05, 0) is 37.2 Å². The van der Waals surface area contributed by atoms with Crippen LogP contribution in [0.1, 0.15) is 62.2 Å². The topological polar surface area (TPSA) is 64.6 Å². The van der Waals surface area contributed by atoms with E-state index in [9.17, 15) is 9.59 Å². The lowest BCUT2D eigenvalue weighted by molar-refractivity contribution is -0.143. The van der Waals surface area contributed by atoms with Gasteiger partial charge in [-0.3, -0.25) is 9.59 Å². The first kappa shape index (κ1) is 21.2. The Balaban J connectivity index is 2.46. The number of esters is 1. The minimum absolute atomic E-state index is 0.0894. The van der Waals surface area contributed by atoms with Crippen molar-refractivity contribution >= 4 is 11.8 Å². The molecule has 0 fully saturated rings. The lowest BCUT2D eigenvalue weighted by Crippen LogP contribution is -2.40. The molecule has 0 radical (unpaired) electrons. The highest BCUT2D eigenvalue weighted by Crippen LogP contribution is 2.14. The molecule has 0 aromatic heterocycles. The average molecular weight is 349 g/mol. The molecule has 0 saturated heterocycles. The molecule has 5 nitrogen and oxygen atoms in total. The van der Waals surface area contributed by atoms with Crippen molar-refractivity contribution in [1.29, 1.82) is 0 Å². The number of unbranched alkanes of at least 4 members (excludes halogenated alkanes) is 5. The molecule has 1 atom stereocenters. The Morgan fingerprint density at radius 1 is 1.00 bits per heavy atom. The van der Waals surface area contributed by atoms with Crippen LogP contribution in [-0.4, -0.2) is 38.6 Å². The number of hydrogen-bond acceptors (Lipinski definition) is 5. The number of benzene rings is 1. The maximum absolute atomic E-state index is 12.4. The van der Waals surface area contributed by atoms with E-state index < -0.39 is 12.0 Å². The molecule has 1 unspecified atom stereocenters. The second kappa shape index (κ2) is 12.5. The van der Waals surface area contributed by atoms with E-state index >= 15 is 0 Å². The van der Waals surface area contributed by atoms with Crippen LogP contribution in [0.25, 0.3) is 0 Å². The fraction of sp³-hybridized carbons (Fsp3) is 0.600. The molecule has 1 rings (SSSR count). The number of carbonyl (C=O) groups excluding carboxylic acids is 2. The first-order chi connectivity index (χ1) is 12.1. The van der Waals surface area contributed by atoms with Crippen molar-refractivity contribution in [3.05, 3.63) is 29.8 Å². The van der Waals surface area contributed by atoms with Crippen LogP contribution in [0.2, 0.25) is 0 Å². The van der Waals surface area contributed by atoms with Crippen LogP contribution in [0.3, 0.4) is 0 Å². The summed E-state index contributed by atoms with van der Waals surface area (Å²) in [5, 5.41) is 3.16. The van der Waals surface area contributed by atoms with Gasteiger partial charge >= 0.3 is 5.97 Å². The highest BCUT2D eigenvalue weighted by atomic mass is 16.5. The van der Waals surface area contributed by atoms with Gasteiger partial charge in [0.15, 0.2) is 5.78 Å². The number of carbonyl (C=O) groups is 2. The lowest BCUT2D eigenvalue weighted by atomic mass is 10.0. The van der Waals surface area contributed by atoms with Crippen molar-refractivity contribution in [2.75, 3.05) is 20.8 Å². The Morgan fingerprint density at radius 3 is 2.24 bits per heavy atom. The monoisotopic (exact) mass is 349 g/mol. The summed E-state index contributed by atoms with van der Waals surface area (Å²) in [6.45, 7) is 2.91. The molecule has 0 bridgehead atoms. The summed E-state index contributed by atoms with van der Waals surface area (Å²) in [5.74, 6) is 0.212. The van der Waals surface area contributed by atoms with Crippen molar-refractivity contribution in [3.63, 3.8) is 0 Å². The van der Waals surface area contributed by atoms with Crippen LogP contribution >= 0.6 is 0 Å². The molecule has 0 aliphatic carbocycles. The van der Waals surface area contributed by atoms with E-state index in [1.165, 1.54) is 32.8 Å². The summed E-state index contributed by atoms with van der Waals surface area (Å²) >= 11 is 0. The Morgan fingerprint density at radius 2 is 1.64 bits per heavy atom. The minimum atomic E-state index is -0.602. The smallest absolute Gasteiger partial charge is 0.323 e. The molecule has 0 amide bonds. The van der Waals surface area contributed by atoms with Gasteiger partial charge < -0.3 is 14.8 Å². The third kappa shape index (κ3) is 8.16. The van der Waals surface area contributed by atoms with Gasteiger partial charge in [-0.2, -0.15) is 0 Å². The van der Waals surface area contributed by atoms with Gasteiger partial charge in [-0.15, -0.1) is 0 Å². The molecule has 25 heavy (non-hydrogen) atoms. The molecule has 140 valence electrons. The van der Waals surface area contributed by atoms with E-state index in [-0.39, 0.29) is 12.2 Å². The van der Waals surface area contributed by atoms with Gasteiger partial charge in [0.05, 0.1) is 14.2 Å². The maximum atomic E-state index is 12.4. The summed E-state index contributed by atoms with van der Waals surface area (Å²) in [4.78, 5) is 24.3. The van der Waals surface area contributed by atoms with E-state index in [0.717, 1.165) is 12.8 Å². The molecular weight excluding hydrogens is 318 g/mol. The van der Waals surface area contributed by atoms with Crippen molar-refractivity contribution in [3.8, 4) is 5.75 Å². The predicted molar refractivity (Wildman–Crippen MR) is 99.1 cm³/mol. The fourth-order valence-corrected chi connectivity index (χ4v) is 2.64. The summed E-state index contributed by atoms with van der Waals surface area (Å²) in [6.07, 6.45) is 7.19. The number of rotatable bonds is 13. The summed E-state index contributed by atoms with van der Waals surface area (Å²) < 4.78 is 9.91. The van der Waals surface area contributed by atoms with Crippen LogP contribution < -0.4 is 10.1 Å². The molecule has 0 aliphatic rings. The van der Waals surface area contributed by atoms with Crippen LogP contribution in [0.15, 0.2) is 24.3 Å². The lowest BCUT2D eigenvalue weighted by Gasteiger charge is -2.16. The SMILES string of the molecule is CCCCCCCCNC(CC(=O)c1ccc(OC)cc1)C(=O)OC. The van der Waals surface area contributed by atoms with E-state index in [1.54, 1.807) is 31.4 Å². The zero-order chi connectivity index (χ0) is 18.5. The van der Waals surface area contributed by atoms with Gasteiger partial charge in [0.1, 0.15) is 11.8 Å². The van der Waals surface area contributed by atoms with Crippen molar-refractivity contribution in [2.24, 2.45) is 0 Å². The van der Waals surface area contributed by atoms with Gasteiger partial charge in [0.25, 0.3) is 0 Å². The summed E-state index contributed by atoms with van der Waals surface area (Å²) in [6, 6.07) is 6.30. The molecule has 0 aliphatic heterocycles. The van der Waals surface area contributed by atoms with Gasteiger partial charge in [-0.25, -0.2) is 0 Å². The van der Waals surface area contributed by atoms with Crippen LogP contribution in [0.5, 0.6) is 5.75 Å². The number of nitrogens with one attached hydrogen (secondary N) is 1. The number of ether oxygens (including phenoxy) is 2. The normalized spacial score (nSPS) is 11.8. The second-order valence-corrected chi connectivity index (χ2v) is 6.15. The predicted octanol–water partition coefficient (Wildman–Crippen LogP) is 3.76. The quantitative estimate of drug-likeness (QED) is 0.334. The first-order valence-corrected chi connectivity index (χ1v) is 9.10. The third-order valence-electron chi connectivity index (χ3n) is 4.21. The summed E-state index contributed by atoms with van der Waals surface area (Å²) in [7, 11) is 2.93. The van der Waals surface area contributed by atoms with E-state index in [1.807, 2.05) is 0 Å². The average Bonchev–Trinajstić information content (AvgIpc) is 2.65. The van der Waals surface area contributed by atoms with Crippen molar-refractivity contribution < 1.29 is 19.1 Å². The van der Waals surface area contributed by atoms with Crippen LogP contribution in [0.4, 0.5) is 0 Å². The maximum Gasteiger partial charge on any atom is 0.323 e. The largest absolute Gasteiger partial charge is 0.497 e. The Bertz CT molecular complexity index is 513. The first-order valence-electron chi connectivity index (χ1n) is 9.10. The number of Topliss-reactive ketones (excluding diaryl/α,β-unsaturated/α-hetero) is 1. The molecule has 1 aromatic carbocycles. The molecule has 0 spiro atoms. The third-order valence-corrected chi connectivity index (χ3v) is 4.21. The highest BCUT2D eigenvalue weighted by molar-refractivity contribution is 5.99. The molecule has 1 N–H and O–H groups in total. The van der Waals surface area contributed by atoms with E-state index in [0.29, 0.717) is 17.9 Å². The highest BCUT2D eigenvalue weighted by Gasteiger charge is 2.22.